The summed E-state index contributed by atoms with van der Waals surface area (Å²) in [5.41, 5.74) is 1.24. The number of sulfonamides is 1. The summed E-state index contributed by atoms with van der Waals surface area (Å²) in [6.45, 7) is 11.3. The lowest BCUT2D eigenvalue weighted by molar-refractivity contribution is 0.0631. The molecule has 10 nitrogen and oxygen atoms in total. The number of benzene rings is 1. The molecule has 1 aromatic heterocycles. The van der Waals surface area contributed by atoms with Crippen molar-refractivity contribution in [1.29, 1.82) is 0 Å². The molecule has 37 heavy (non-hydrogen) atoms. The molecule has 0 spiro atoms. The topological polar surface area (TPSA) is 99.2 Å². The van der Waals surface area contributed by atoms with E-state index in [0.717, 1.165) is 37.5 Å². The summed E-state index contributed by atoms with van der Waals surface area (Å²) < 4.78 is 33.1. The number of amides is 1. The molecule has 1 amide bonds. The number of methoxy groups -OCH3 is 1. The van der Waals surface area contributed by atoms with Crippen LogP contribution in [0.15, 0.2) is 17.0 Å². The minimum atomic E-state index is -3.76. The third kappa shape index (κ3) is 6.66. The molecule has 204 valence electrons. The highest BCUT2D eigenvalue weighted by molar-refractivity contribution is 7.89. The van der Waals surface area contributed by atoms with Crippen LogP contribution < -0.4 is 4.74 Å². The Hall–Kier alpha value is -2.12. The van der Waals surface area contributed by atoms with E-state index in [1.807, 2.05) is 4.90 Å². The molecule has 2 aliphatic rings. The molecular formula is C25H38N6O4S2. The zero-order valence-corrected chi connectivity index (χ0v) is 23.9. The largest absolute Gasteiger partial charge is 0.497 e. The number of hydrogen-bond acceptors (Lipinski definition) is 9. The Labute approximate surface area is 224 Å². The molecule has 0 unspecified atom stereocenters. The number of piperazine rings is 1. The third-order valence-electron chi connectivity index (χ3n) is 7.15. The second-order valence-electron chi connectivity index (χ2n) is 9.89. The number of carbonyl (C=O) groups is 1. The van der Waals surface area contributed by atoms with Gasteiger partial charge < -0.3 is 14.5 Å². The van der Waals surface area contributed by atoms with Crippen LogP contribution in [0.4, 0.5) is 0 Å². The standard InChI is InChI=1S/C25H38N6O4S2/c1-19-16-21(35-4)17-20(2)23(19)37(33,34)28(3)18-22-26-27-24(36-22)25(32)31-14-12-30(13-15-31)11-7-10-29-8-5-6-9-29/h16-17H,5-15,18H2,1-4H3. The first kappa shape index (κ1) is 27.9. The number of rotatable bonds is 10. The molecule has 3 heterocycles. The van der Waals surface area contributed by atoms with Gasteiger partial charge in [-0.05, 0) is 82.5 Å². The number of likely N-dealkylation sites (tertiary alicyclic amines) is 1. The van der Waals surface area contributed by atoms with Crippen LogP contribution >= 0.6 is 11.3 Å². The Morgan fingerprint density at radius 3 is 2.19 bits per heavy atom. The van der Waals surface area contributed by atoms with Gasteiger partial charge in [0.2, 0.25) is 15.0 Å². The molecule has 0 atom stereocenters. The average Bonchev–Trinajstić information content (AvgIpc) is 3.56. The lowest BCUT2D eigenvalue weighted by Crippen LogP contribution is -2.49. The number of aromatic nitrogens is 2. The van der Waals surface area contributed by atoms with E-state index >= 15 is 0 Å². The van der Waals surface area contributed by atoms with Crippen LogP contribution in [0.5, 0.6) is 5.75 Å². The van der Waals surface area contributed by atoms with Crippen molar-refractivity contribution >= 4 is 27.3 Å². The zero-order chi connectivity index (χ0) is 26.6. The fourth-order valence-electron chi connectivity index (χ4n) is 5.10. The molecule has 2 aromatic rings. The molecule has 2 aliphatic heterocycles. The van der Waals surface area contributed by atoms with E-state index in [0.29, 0.717) is 40.0 Å². The molecule has 1 aromatic carbocycles. The van der Waals surface area contributed by atoms with Crippen molar-refractivity contribution in [1.82, 2.24) is 29.2 Å². The maximum absolute atomic E-state index is 13.3. The maximum atomic E-state index is 13.3. The van der Waals surface area contributed by atoms with Gasteiger partial charge in [-0.2, -0.15) is 4.31 Å². The molecule has 0 aliphatic carbocycles. The van der Waals surface area contributed by atoms with Gasteiger partial charge in [0.1, 0.15) is 10.8 Å². The molecule has 0 N–H and O–H groups in total. The van der Waals surface area contributed by atoms with Crippen molar-refractivity contribution in [2.45, 2.75) is 44.6 Å². The van der Waals surface area contributed by atoms with Gasteiger partial charge in [-0.15, -0.1) is 10.2 Å². The van der Waals surface area contributed by atoms with Gasteiger partial charge >= 0.3 is 0 Å². The SMILES string of the molecule is COc1cc(C)c(S(=O)(=O)N(C)Cc2nnc(C(=O)N3CCN(CCCN4CCCC4)CC3)s2)c(C)c1. The molecule has 4 rings (SSSR count). The highest BCUT2D eigenvalue weighted by atomic mass is 32.2. The Balaban J connectivity index is 1.30. The van der Waals surface area contributed by atoms with Crippen LogP contribution in [0.1, 0.15) is 45.2 Å². The summed E-state index contributed by atoms with van der Waals surface area (Å²) in [6, 6.07) is 3.42. The van der Waals surface area contributed by atoms with E-state index < -0.39 is 10.0 Å². The highest BCUT2D eigenvalue weighted by Gasteiger charge is 2.28. The number of ether oxygens (including phenoxy) is 1. The van der Waals surface area contributed by atoms with Crippen LogP contribution in [-0.2, 0) is 16.6 Å². The van der Waals surface area contributed by atoms with Gasteiger partial charge in [0.25, 0.3) is 5.91 Å². The van der Waals surface area contributed by atoms with Crippen molar-refractivity contribution in [2.75, 3.05) is 66.5 Å². The van der Waals surface area contributed by atoms with Crippen LogP contribution in [0.25, 0.3) is 0 Å². The summed E-state index contributed by atoms with van der Waals surface area (Å²) >= 11 is 1.16. The third-order valence-corrected chi connectivity index (χ3v) is 10.2. The molecular weight excluding hydrogens is 512 g/mol. The summed E-state index contributed by atoms with van der Waals surface area (Å²) in [7, 11) is -0.689. The van der Waals surface area contributed by atoms with Gasteiger partial charge in [0, 0.05) is 33.2 Å². The summed E-state index contributed by atoms with van der Waals surface area (Å²) in [5.74, 6) is 0.486. The van der Waals surface area contributed by atoms with Gasteiger partial charge in [0.05, 0.1) is 18.6 Å². The van der Waals surface area contributed by atoms with Gasteiger partial charge in [0.15, 0.2) is 0 Å². The number of nitrogens with zero attached hydrogens (tertiary/aromatic N) is 6. The molecule has 2 saturated heterocycles. The summed E-state index contributed by atoms with van der Waals surface area (Å²) in [6.07, 6.45) is 3.81. The minimum Gasteiger partial charge on any atom is -0.497 e. The first-order valence-corrected chi connectivity index (χ1v) is 15.1. The number of hydrogen-bond donors (Lipinski definition) is 0. The normalized spacial score (nSPS) is 17.6. The number of carbonyl (C=O) groups excluding carboxylic acids is 1. The van der Waals surface area contributed by atoms with E-state index in [1.54, 1.807) is 33.1 Å². The maximum Gasteiger partial charge on any atom is 0.284 e. The highest BCUT2D eigenvalue weighted by Crippen LogP contribution is 2.29. The van der Waals surface area contributed by atoms with Crippen molar-refractivity contribution in [3.05, 3.63) is 33.3 Å². The first-order chi connectivity index (χ1) is 17.7. The van der Waals surface area contributed by atoms with E-state index in [4.69, 9.17) is 4.74 Å². The van der Waals surface area contributed by atoms with E-state index in [2.05, 4.69) is 20.0 Å². The Morgan fingerprint density at radius 2 is 1.59 bits per heavy atom. The Kier molecular flexibility index (Phi) is 9.17. The quantitative estimate of drug-likeness (QED) is 0.444. The van der Waals surface area contributed by atoms with E-state index in [9.17, 15) is 13.2 Å². The van der Waals surface area contributed by atoms with Crippen molar-refractivity contribution in [3.8, 4) is 5.75 Å². The molecule has 0 bridgehead atoms. The molecule has 2 fully saturated rings. The number of aryl methyl sites for hydroxylation is 2. The molecule has 12 heteroatoms. The second-order valence-corrected chi connectivity index (χ2v) is 12.9. The van der Waals surface area contributed by atoms with Gasteiger partial charge in [-0.1, -0.05) is 11.3 Å². The minimum absolute atomic E-state index is 0.0446. The zero-order valence-electron chi connectivity index (χ0n) is 22.3. The Bertz CT molecular complexity index is 1160. The van der Waals surface area contributed by atoms with Crippen LogP contribution in [0.2, 0.25) is 0 Å². The monoisotopic (exact) mass is 550 g/mol. The predicted octanol–water partition coefficient (Wildman–Crippen LogP) is 2.23. The smallest absolute Gasteiger partial charge is 0.284 e. The molecule has 0 saturated carbocycles. The fraction of sp³-hybridized carbons (Fsp3) is 0.640. The lowest BCUT2D eigenvalue weighted by atomic mass is 10.1. The van der Waals surface area contributed by atoms with Gasteiger partial charge in [-0.25, -0.2) is 8.42 Å². The first-order valence-electron chi connectivity index (χ1n) is 12.9. The van der Waals surface area contributed by atoms with E-state index in [1.165, 1.54) is 43.7 Å². The van der Waals surface area contributed by atoms with Crippen molar-refractivity contribution in [3.63, 3.8) is 0 Å². The van der Waals surface area contributed by atoms with Crippen molar-refractivity contribution in [2.24, 2.45) is 0 Å². The van der Waals surface area contributed by atoms with E-state index in [-0.39, 0.29) is 17.3 Å². The van der Waals surface area contributed by atoms with Crippen LogP contribution in [-0.4, -0.2) is 110 Å². The lowest BCUT2D eigenvalue weighted by Gasteiger charge is -2.34. The summed E-state index contributed by atoms with van der Waals surface area (Å²) in [4.78, 5) is 20.1. The fourth-order valence-corrected chi connectivity index (χ4v) is 7.58. The van der Waals surface area contributed by atoms with Crippen molar-refractivity contribution < 1.29 is 17.9 Å². The molecule has 0 radical (unpaired) electrons. The predicted molar refractivity (Wildman–Crippen MR) is 144 cm³/mol. The average molecular weight is 551 g/mol. The van der Waals surface area contributed by atoms with Crippen LogP contribution in [0, 0.1) is 13.8 Å². The Morgan fingerprint density at radius 1 is 1.00 bits per heavy atom. The summed E-state index contributed by atoms with van der Waals surface area (Å²) in [5, 5.41) is 9.00. The van der Waals surface area contributed by atoms with Crippen LogP contribution in [0.3, 0.4) is 0 Å². The van der Waals surface area contributed by atoms with Gasteiger partial charge in [-0.3, -0.25) is 9.69 Å². The second kappa shape index (κ2) is 12.2.